The maximum Gasteiger partial charge on any atom is 0.267 e. The van der Waals surface area contributed by atoms with Crippen molar-refractivity contribution in [2.24, 2.45) is 0 Å². The lowest BCUT2D eigenvalue weighted by molar-refractivity contribution is 0.156. The zero-order chi connectivity index (χ0) is 11.2. The highest BCUT2D eigenvalue weighted by atomic mass is 32.2. The van der Waals surface area contributed by atoms with Crippen LogP contribution in [0.1, 0.15) is 46.0 Å². The van der Waals surface area contributed by atoms with Crippen molar-refractivity contribution in [1.82, 2.24) is 0 Å². The zero-order valence-electron chi connectivity index (χ0n) is 8.81. The quantitative estimate of drug-likeness (QED) is 0.644. The van der Waals surface area contributed by atoms with Crippen LogP contribution in [0.4, 0.5) is 0 Å². The Balaban J connectivity index is 4.26. The predicted molar refractivity (Wildman–Crippen MR) is 55.8 cm³/mol. The molecule has 0 fully saturated rings. The van der Waals surface area contributed by atoms with E-state index < -0.39 is 21.5 Å². The van der Waals surface area contributed by atoms with Crippen molar-refractivity contribution in [3.05, 3.63) is 0 Å². The fourth-order valence-electron chi connectivity index (χ4n) is 1.29. The SMILES string of the molecule is CCCCC(CC(O)CC)S(=O)(=O)O. The lowest BCUT2D eigenvalue weighted by Crippen LogP contribution is -2.25. The molecular weight excluding hydrogens is 204 g/mol. The summed E-state index contributed by atoms with van der Waals surface area (Å²) in [7, 11) is -4.00. The third kappa shape index (κ3) is 5.57. The normalized spacial score (nSPS) is 16.6. The second kappa shape index (κ2) is 6.37. The zero-order valence-corrected chi connectivity index (χ0v) is 9.63. The van der Waals surface area contributed by atoms with E-state index in [0.717, 1.165) is 12.8 Å². The second-order valence-corrected chi connectivity index (χ2v) is 5.27. The highest BCUT2D eigenvalue weighted by Gasteiger charge is 2.24. The van der Waals surface area contributed by atoms with Gasteiger partial charge in [0.25, 0.3) is 10.1 Å². The Morgan fingerprint density at radius 1 is 1.29 bits per heavy atom. The summed E-state index contributed by atoms with van der Waals surface area (Å²) < 4.78 is 30.8. The van der Waals surface area contributed by atoms with Gasteiger partial charge in [0.1, 0.15) is 0 Å². The summed E-state index contributed by atoms with van der Waals surface area (Å²) in [6, 6.07) is 0. The van der Waals surface area contributed by atoms with Crippen molar-refractivity contribution in [2.75, 3.05) is 0 Å². The summed E-state index contributed by atoms with van der Waals surface area (Å²) in [4.78, 5) is 0. The third-order valence-corrected chi connectivity index (χ3v) is 3.58. The summed E-state index contributed by atoms with van der Waals surface area (Å²) in [5.41, 5.74) is 0. The molecular formula is C9H20O4S. The molecule has 0 aromatic rings. The van der Waals surface area contributed by atoms with Crippen LogP contribution in [0.25, 0.3) is 0 Å². The van der Waals surface area contributed by atoms with E-state index in [0.29, 0.717) is 12.8 Å². The van der Waals surface area contributed by atoms with Gasteiger partial charge in [-0.15, -0.1) is 0 Å². The van der Waals surface area contributed by atoms with Gasteiger partial charge in [-0.2, -0.15) is 8.42 Å². The van der Waals surface area contributed by atoms with Gasteiger partial charge in [0.05, 0.1) is 11.4 Å². The van der Waals surface area contributed by atoms with Crippen molar-refractivity contribution in [3.63, 3.8) is 0 Å². The van der Waals surface area contributed by atoms with Crippen LogP contribution in [-0.4, -0.2) is 29.4 Å². The number of hydrogen-bond donors (Lipinski definition) is 2. The number of unbranched alkanes of at least 4 members (excludes halogenated alkanes) is 1. The fourth-order valence-corrected chi connectivity index (χ4v) is 2.22. The van der Waals surface area contributed by atoms with Gasteiger partial charge < -0.3 is 5.11 Å². The minimum Gasteiger partial charge on any atom is -0.393 e. The molecule has 0 aliphatic heterocycles. The summed E-state index contributed by atoms with van der Waals surface area (Å²) in [5.74, 6) is 0. The smallest absolute Gasteiger partial charge is 0.267 e. The third-order valence-electron chi connectivity index (χ3n) is 2.31. The van der Waals surface area contributed by atoms with Gasteiger partial charge in [-0.3, -0.25) is 4.55 Å². The molecule has 5 heteroatoms. The molecule has 0 radical (unpaired) electrons. The summed E-state index contributed by atoms with van der Waals surface area (Å²) in [6.07, 6.45) is 2.06. The van der Waals surface area contributed by atoms with Gasteiger partial charge in [-0.05, 0) is 19.3 Å². The van der Waals surface area contributed by atoms with Crippen LogP contribution >= 0.6 is 0 Å². The van der Waals surface area contributed by atoms with Crippen molar-refractivity contribution >= 4 is 10.1 Å². The maximum atomic E-state index is 10.9. The molecule has 14 heavy (non-hydrogen) atoms. The van der Waals surface area contributed by atoms with Crippen molar-refractivity contribution in [2.45, 2.75) is 57.3 Å². The first kappa shape index (κ1) is 13.9. The molecule has 0 amide bonds. The Hall–Kier alpha value is -0.130. The van der Waals surface area contributed by atoms with Gasteiger partial charge in [0.2, 0.25) is 0 Å². The van der Waals surface area contributed by atoms with Gasteiger partial charge in [0, 0.05) is 0 Å². The summed E-state index contributed by atoms with van der Waals surface area (Å²) in [5, 5.41) is 8.51. The Bertz CT molecular complexity index is 235. The number of aliphatic hydroxyl groups is 1. The lowest BCUT2D eigenvalue weighted by Gasteiger charge is -2.16. The molecule has 4 nitrogen and oxygen atoms in total. The number of hydrogen-bond acceptors (Lipinski definition) is 3. The van der Waals surface area contributed by atoms with Crippen molar-refractivity contribution in [1.29, 1.82) is 0 Å². The van der Waals surface area contributed by atoms with Crippen LogP contribution in [0.3, 0.4) is 0 Å². The first-order valence-electron chi connectivity index (χ1n) is 5.06. The van der Waals surface area contributed by atoms with Crippen LogP contribution in [0.15, 0.2) is 0 Å². The number of rotatable bonds is 7. The standard InChI is InChI=1S/C9H20O4S/c1-3-5-6-9(14(11,12)13)7-8(10)4-2/h8-10H,3-7H2,1-2H3,(H,11,12,13). The molecule has 0 rings (SSSR count). The van der Waals surface area contributed by atoms with E-state index in [1.54, 1.807) is 6.92 Å². The molecule has 0 bridgehead atoms. The van der Waals surface area contributed by atoms with Crippen molar-refractivity contribution < 1.29 is 18.1 Å². The average Bonchev–Trinajstić information content (AvgIpc) is 2.09. The highest BCUT2D eigenvalue weighted by molar-refractivity contribution is 7.86. The summed E-state index contributed by atoms with van der Waals surface area (Å²) >= 11 is 0. The molecule has 0 saturated heterocycles. The molecule has 0 aliphatic carbocycles. The molecule has 2 N–H and O–H groups in total. The topological polar surface area (TPSA) is 74.6 Å². The molecule has 0 heterocycles. The van der Waals surface area contributed by atoms with Gasteiger partial charge >= 0.3 is 0 Å². The first-order chi connectivity index (χ1) is 6.41. The monoisotopic (exact) mass is 224 g/mol. The van der Waals surface area contributed by atoms with Gasteiger partial charge in [-0.25, -0.2) is 0 Å². The predicted octanol–water partition coefficient (Wildman–Crippen LogP) is 1.59. The molecule has 0 aromatic carbocycles. The largest absolute Gasteiger partial charge is 0.393 e. The molecule has 0 aliphatic rings. The second-order valence-electron chi connectivity index (χ2n) is 3.58. The van der Waals surface area contributed by atoms with Gasteiger partial charge in [-0.1, -0.05) is 26.7 Å². The molecule has 0 aromatic heterocycles. The van der Waals surface area contributed by atoms with E-state index in [-0.39, 0.29) is 6.42 Å². The van der Waals surface area contributed by atoms with Crippen LogP contribution in [0.2, 0.25) is 0 Å². The van der Waals surface area contributed by atoms with Crippen LogP contribution < -0.4 is 0 Å². The summed E-state index contributed by atoms with van der Waals surface area (Å²) in [6.45, 7) is 3.74. The Morgan fingerprint density at radius 3 is 2.21 bits per heavy atom. The molecule has 0 saturated carbocycles. The fraction of sp³-hybridized carbons (Fsp3) is 1.00. The maximum absolute atomic E-state index is 10.9. The van der Waals surface area contributed by atoms with E-state index in [4.69, 9.17) is 4.55 Å². The van der Waals surface area contributed by atoms with Crippen LogP contribution in [0.5, 0.6) is 0 Å². The van der Waals surface area contributed by atoms with Gasteiger partial charge in [0.15, 0.2) is 0 Å². The Labute approximate surface area is 86.1 Å². The van der Waals surface area contributed by atoms with Crippen LogP contribution in [0, 0.1) is 0 Å². The lowest BCUT2D eigenvalue weighted by atomic mass is 10.1. The molecule has 86 valence electrons. The van der Waals surface area contributed by atoms with E-state index in [1.807, 2.05) is 6.92 Å². The first-order valence-corrected chi connectivity index (χ1v) is 6.56. The van der Waals surface area contributed by atoms with E-state index in [9.17, 15) is 13.5 Å². The van der Waals surface area contributed by atoms with E-state index in [2.05, 4.69) is 0 Å². The minimum atomic E-state index is -4.00. The van der Waals surface area contributed by atoms with E-state index in [1.165, 1.54) is 0 Å². The number of aliphatic hydroxyl groups excluding tert-OH is 1. The van der Waals surface area contributed by atoms with E-state index >= 15 is 0 Å². The van der Waals surface area contributed by atoms with Crippen molar-refractivity contribution in [3.8, 4) is 0 Å². The molecule has 2 unspecified atom stereocenters. The highest BCUT2D eigenvalue weighted by Crippen LogP contribution is 2.16. The Kier molecular flexibility index (Phi) is 6.31. The Morgan fingerprint density at radius 2 is 1.86 bits per heavy atom. The molecule has 0 spiro atoms. The minimum absolute atomic E-state index is 0.134. The average molecular weight is 224 g/mol. The van der Waals surface area contributed by atoms with Crippen LogP contribution in [-0.2, 0) is 10.1 Å². The molecule has 2 atom stereocenters.